The van der Waals surface area contributed by atoms with Crippen molar-refractivity contribution in [2.45, 2.75) is 25.8 Å². The summed E-state index contributed by atoms with van der Waals surface area (Å²) in [7, 11) is -0.253. The molecule has 1 aromatic carbocycles. The van der Waals surface area contributed by atoms with Gasteiger partial charge in [0.2, 0.25) is 5.91 Å². The van der Waals surface area contributed by atoms with Crippen molar-refractivity contribution in [3.63, 3.8) is 0 Å². The first kappa shape index (κ1) is 20.0. The number of amides is 1. The van der Waals surface area contributed by atoms with Gasteiger partial charge in [0.15, 0.2) is 0 Å². The summed E-state index contributed by atoms with van der Waals surface area (Å²) >= 11 is 0. The van der Waals surface area contributed by atoms with Crippen molar-refractivity contribution in [1.82, 2.24) is 13.5 Å². The zero-order valence-corrected chi connectivity index (χ0v) is 16.9. The van der Waals surface area contributed by atoms with E-state index in [9.17, 15) is 13.2 Å². The highest BCUT2D eigenvalue weighted by Crippen LogP contribution is 2.32. The van der Waals surface area contributed by atoms with Crippen molar-refractivity contribution >= 4 is 16.1 Å². The molecule has 0 aliphatic carbocycles. The van der Waals surface area contributed by atoms with E-state index in [1.165, 1.54) is 8.61 Å². The maximum Gasteiger partial charge on any atom is 0.281 e. The number of piperidine rings is 1. The first-order valence-corrected chi connectivity index (χ1v) is 10.9. The van der Waals surface area contributed by atoms with Gasteiger partial charge in [-0.05, 0) is 30.7 Å². The topological polar surface area (TPSA) is 60.9 Å². The second-order valence-corrected chi connectivity index (χ2v) is 9.69. The molecular weight excluding hydrogens is 362 g/mol. The van der Waals surface area contributed by atoms with E-state index < -0.39 is 10.2 Å². The van der Waals surface area contributed by atoms with Crippen molar-refractivity contribution in [2.24, 2.45) is 11.8 Å². The number of rotatable bonds is 5. The van der Waals surface area contributed by atoms with Crippen molar-refractivity contribution in [1.29, 1.82) is 0 Å². The molecule has 1 aromatic rings. The minimum absolute atomic E-state index is 0.0586. The number of carbonyl (C=O) groups is 1. The molecular formula is C20H29N3O3S. The Morgan fingerprint density at radius 2 is 1.74 bits per heavy atom. The van der Waals surface area contributed by atoms with Gasteiger partial charge in [-0.25, -0.2) is 0 Å². The number of nitrogens with zero attached hydrogens (tertiary/aromatic N) is 3. The van der Waals surface area contributed by atoms with Gasteiger partial charge < -0.3 is 4.90 Å². The third-order valence-corrected chi connectivity index (χ3v) is 7.52. The molecule has 0 radical (unpaired) electrons. The highest BCUT2D eigenvalue weighted by molar-refractivity contribution is 7.86. The highest BCUT2D eigenvalue weighted by atomic mass is 32.2. The molecule has 0 N–H and O–H groups in total. The fourth-order valence-corrected chi connectivity index (χ4v) is 5.08. The Kier molecular flexibility index (Phi) is 6.34. The van der Waals surface area contributed by atoms with E-state index in [1.54, 1.807) is 14.1 Å². The third-order valence-electron chi connectivity index (χ3n) is 5.58. The van der Waals surface area contributed by atoms with Gasteiger partial charge >= 0.3 is 0 Å². The minimum atomic E-state index is -3.37. The molecule has 1 atom stereocenters. The summed E-state index contributed by atoms with van der Waals surface area (Å²) in [5, 5.41) is 0. The fraction of sp³-hybridized carbons (Fsp3) is 0.550. The van der Waals surface area contributed by atoms with Crippen LogP contribution < -0.4 is 0 Å². The molecule has 6 nitrogen and oxygen atoms in total. The van der Waals surface area contributed by atoms with Gasteiger partial charge in [0, 0.05) is 46.2 Å². The second kappa shape index (κ2) is 8.54. The van der Waals surface area contributed by atoms with Crippen LogP contribution in [0.2, 0.25) is 0 Å². The van der Waals surface area contributed by atoms with Gasteiger partial charge in [0.05, 0.1) is 0 Å². The Labute approximate surface area is 162 Å². The summed E-state index contributed by atoms with van der Waals surface area (Å²) in [4.78, 5) is 15.1. The standard InChI is InChI=1S/C20H29N3O3S/c1-21(2)27(25,26)23-14-11-18(12-15-23)19-10-6-7-13-22(20(19)24)16-17-8-4-3-5-9-17/h3-9,18-19H,10-16H2,1-2H3. The predicted octanol–water partition coefficient (Wildman–Crippen LogP) is 2.11. The van der Waals surface area contributed by atoms with Crippen LogP contribution in [0.4, 0.5) is 0 Å². The molecule has 0 spiro atoms. The monoisotopic (exact) mass is 391 g/mol. The van der Waals surface area contributed by atoms with Gasteiger partial charge in [-0.2, -0.15) is 17.0 Å². The van der Waals surface area contributed by atoms with Gasteiger partial charge in [-0.3, -0.25) is 4.79 Å². The van der Waals surface area contributed by atoms with Crippen LogP contribution in [0.5, 0.6) is 0 Å². The molecule has 0 bridgehead atoms. The van der Waals surface area contributed by atoms with Crippen LogP contribution in [0.3, 0.4) is 0 Å². The second-order valence-electron chi connectivity index (χ2n) is 7.54. The Balaban J connectivity index is 1.66. The van der Waals surface area contributed by atoms with Crippen LogP contribution in [-0.2, 0) is 21.5 Å². The van der Waals surface area contributed by atoms with Gasteiger partial charge in [0.25, 0.3) is 10.2 Å². The first-order chi connectivity index (χ1) is 12.9. The Morgan fingerprint density at radius 1 is 1.07 bits per heavy atom. The zero-order valence-electron chi connectivity index (χ0n) is 16.1. The molecule has 0 saturated carbocycles. The Bertz CT molecular complexity index is 769. The smallest absolute Gasteiger partial charge is 0.281 e. The molecule has 7 heteroatoms. The normalized spacial score (nSPS) is 23.0. The summed E-state index contributed by atoms with van der Waals surface area (Å²) in [6.45, 7) is 2.22. The lowest BCUT2D eigenvalue weighted by molar-refractivity contribution is -0.137. The molecule has 1 amide bonds. The van der Waals surface area contributed by atoms with Gasteiger partial charge in [-0.15, -0.1) is 0 Å². The van der Waals surface area contributed by atoms with E-state index in [0.717, 1.165) is 24.8 Å². The average molecular weight is 392 g/mol. The quantitative estimate of drug-likeness (QED) is 0.723. The van der Waals surface area contributed by atoms with Crippen LogP contribution in [0.15, 0.2) is 42.5 Å². The molecule has 2 aliphatic rings. The Hall–Kier alpha value is -1.70. The summed E-state index contributed by atoms with van der Waals surface area (Å²) in [5.41, 5.74) is 1.13. The fourth-order valence-electron chi connectivity index (χ4n) is 3.95. The van der Waals surface area contributed by atoms with Crippen LogP contribution in [-0.4, -0.2) is 61.6 Å². The van der Waals surface area contributed by atoms with Crippen molar-refractivity contribution < 1.29 is 13.2 Å². The average Bonchev–Trinajstić information content (AvgIpc) is 2.84. The van der Waals surface area contributed by atoms with Crippen molar-refractivity contribution in [2.75, 3.05) is 33.7 Å². The number of benzene rings is 1. The Morgan fingerprint density at radius 3 is 2.37 bits per heavy atom. The maximum absolute atomic E-state index is 13.2. The molecule has 3 rings (SSSR count). The minimum Gasteiger partial charge on any atom is -0.334 e. The summed E-state index contributed by atoms with van der Waals surface area (Å²) in [6, 6.07) is 10.0. The van der Waals surface area contributed by atoms with Crippen LogP contribution in [0.1, 0.15) is 24.8 Å². The number of carbonyl (C=O) groups excluding carboxylic acids is 1. The lowest BCUT2D eigenvalue weighted by atomic mass is 9.82. The summed E-state index contributed by atoms with van der Waals surface area (Å²) < 4.78 is 27.4. The lowest BCUT2D eigenvalue weighted by Gasteiger charge is -2.36. The number of allylic oxidation sites excluding steroid dienone is 1. The number of hydrogen-bond donors (Lipinski definition) is 0. The van der Waals surface area contributed by atoms with Crippen LogP contribution >= 0.6 is 0 Å². The maximum atomic E-state index is 13.2. The van der Waals surface area contributed by atoms with Crippen molar-refractivity contribution in [3.05, 3.63) is 48.0 Å². The SMILES string of the molecule is CN(C)S(=O)(=O)N1CCC(C2CC=CCN(Cc3ccccc3)C2=O)CC1. The molecule has 1 fully saturated rings. The summed E-state index contributed by atoms with van der Waals surface area (Å²) in [6.07, 6.45) is 6.39. The molecule has 0 aromatic heterocycles. The van der Waals surface area contributed by atoms with Crippen molar-refractivity contribution in [3.8, 4) is 0 Å². The molecule has 1 unspecified atom stereocenters. The largest absolute Gasteiger partial charge is 0.334 e. The van der Waals surface area contributed by atoms with E-state index >= 15 is 0 Å². The van der Waals surface area contributed by atoms with E-state index in [1.807, 2.05) is 35.2 Å². The number of hydrogen-bond acceptors (Lipinski definition) is 3. The lowest BCUT2D eigenvalue weighted by Crippen LogP contribution is -2.47. The van der Waals surface area contributed by atoms with E-state index in [4.69, 9.17) is 0 Å². The molecule has 27 heavy (non-hydrogen) atoms. The molecule has 2 aliphatic heterocycles. The third kappa shape index (κ3) is 4.59. The molecule has 2 heterocycles. The first-order valence-electron chi connectivity index (χ1n) is 9.55. The molecule has 1 saturated heterocycles. The molecule has 148 valence electrons. The van der Waals surface area contributed by atoms with E-state index in [0.29, 0.717) is 26.2 Å². The van der Waals surface area contributed by atoms with E-state index in [-0.39, 0.29) is 17.7 Å². The highest BCUT2D eigenvalue weighted by Gasteiger charge is 2.37. The summed E-state index contributed by atoms with van der Waals surface area (Å²) in [5.74, 6) is 0.363. The van der Waals surface area contributed by atoms with Crippen LogP contribution in [0.25, 0.3) is 0 Å². The van der Waals surface area contributed by atoms with E-state index in [2.05, 4.69) is 12.2 Å². The van der Waals surface area contributed by atoms with Gasteiger partial charge in [0.1, 0.15) is 0 Å². The van der Waals surface area contributed by atoms with Crippen LogP contribution in [0, 0.1) is 11.8 Å². The van der Waals surface area contributed by atoms with Gasteiger partial charge in [-0.1, -0.05) is 42.5 Å². The predicted molar refractivity (Wildman–Crippen MR) is 106 cm³/mol. The zero-order chi connectivity index (χ0) is 19.4.